The van der Waals surface area contributed by atoms with Crippen molar-refractivity contribution in [1.82, 2.24) is 10.6 Å². The van der Waals surface area contributed by atoms with Crippen LogP contribution in [0, 0.1) is 0 Å². The van der Waals surface area contributed by atoms with Crippen molar-refractivity contribution in [2.45, 2.75) is 31.6 Å². The molecule has 1 rings (SSSR count). The smallest absolute Gasteiger partial charge is 0.191 e. The van der Waals surface area contributed by atoms with Crippen LogP contribution in [-0.4, -0.2) is 53.5 Å². The fourth-order valence-corrected chi connectivity index (χ4v) is 2.70. The average Bonchev–Trinajstić information content (AvgIpc) is 2.54. The van der Waals surface area contributed by atoms with Crippen molar-refractivity contribution in [1.29, 1.82) is 0 Å². The first-order valence-electron chi connectivity index (χ1n) is 8.36. The van der Waals surface area contributed by atoms with Gasteiger partial charge in [0.1, 0.15) is 0 Å². The Morgan fingerprint density at radius 2 is 1.88 bits per heavy atom. The maximum Gasteiger partial charge on any atom is 0.191 e. The highest BCUT2D eigenvalue weighted by Crippen LogP contribution is 2.10. The highest BCUT2D eigenvalue weighted by molar-refractivity contribution is 7.90. The summed E-state index contributed by atoms with van der Waals surface area (Å²) in [6.07, 6.45) is 2.92. The van der Waals surface area contributed by atoms with Crippen molar-refractivity contribution >= 4 is 15.8 Å². The van der Waals surface area contributed by atoms with Gasteiger partial charge >= 0.3 is 0 Å². The molecule has 0 saturated heterocycles. The number of hydrogen-bond donors (Lipinski definition) is 2. The van der Waals surface area contributed by atoms with E-state index in [1.807, 2.05) is 26.0 Å². The third-order valence-electron chi connectivity index (χ3n) is 3.32. The van der Waals surface area contributed by atoms with Crippen molar-refractivity contribution in [3.8, 4) is 0 Å². The minimum absolute atomic E-state index is 0.350. The number of aliphatic imine (C=N–C) groups is 1. The second kappa shape index (κ2) is 11.0. The SMILES string of the molecule is CCNC(=NCCCOCC)NCCc1ccc(S(C)(=O)=O)cc1. The van der Waals surface area contributed by atoms with Gasteiger partial charge in [0.15, 0.2) is 15.8 Å². The molecule has 6 nitrogen and oxygen atoms in total. The Morgan fingerprint density at radius 3 is 2.46 bits per heavy atom. The summed E-state index contributed by atoms with van der Waals surface area (Å²) in [7, 11) is -3.13. The van der Waals surface area contributed by atoms with E-state index in [1.165, 1.54) is 6.26 Å². The van der Waals surface area contributed by atoms with Crippen molar-refractivity contribution in [2.24, 2.45) is 4.99 Å². The molecule has 0 fully saturated rings. The van der Waals surface area contributed by atoms with Gasteiger partial charge in [-0.05, 0) is 44.4 Å². The van der Waals surface area contributed by atoms with Crippen molar-refractivity contribution in [2.75, 3.05) is 39.1 Å². The molecule has 0 saturated carbocycles. The molecule has 7 heteroatoms. The lowest BCUT2D eigenvalue weighted by molar-refractivity contribution is 0.146. The summed E-state index contributed by atoms with van der Waals surface area (Å²) in [5.41, 5.74) is 1.09. The Morgan fingerprint density at radius 1 is 1.17 bits per heavy atom. The summed E-state index contributed by atoms with van der Waals surface area (Å²) in [5, 5.41) is 6.49. The number of nitrogens with one attached hydrogen (secondary N) is 2. The second-order valence-corrected chi connectivity index (χ2v) is 7.42. The number of guanidine groups is 1. The van der Waals surface area contributed by atoms with E-state index in [-0.39, 0.29) is 0 Å². The number of hydrogen-bond acceptors (Lipinski definition) is 4. The molecule has 24 heavy (non-hydrogen) atoms. The monoisotopic (exact) mass is 355 g/mol. The molecular weight excluding hydrogens is 326 g/mol. The predicted octanol–water partition coefficient (Wildman–Crippen LogP) is 1.61. The molecule has 0 heterocycles. The minimum atomic E-state index is -3.13. The average molecular weight is 356 g/mol. The largest absolute Gasteiger partial charge is 0.382 e. The van der Waals surface area contributed by atoms with Gasteiger partial charge in [-0.25, -0.2) is 8.42 Å². The summed E-state index contributed by atoms with van der Waals surface area (Å²) >= 11 is 0. The Hall–Kier alpha value is -1.60. The summed E-state index contributed by atoms with van der Waals surface area (Å²) in [6, 6.07) is 7.00. The van der Waals surface area contributed by atoms with E-state index in [4.69, 9.17) is 4.74 Å². The first kappa shape index (κ1) is 20.4. The van der Waals surface area contributed by atoms with Gasteiger partial charge in [-0.2, -0.15) is 0 Å². The van der Waals surface area contributed by atoms with Gasteiger partial charge < -0.3 is 15.4 Å². The molecule has 0 aliphatic rings. The standard InChI is InChI=1S/C17H29N3O3S/c1-4-18-17(19-12-6-14-23-5-2)20-13-11-15-7-9-16(10-8-15)24(3,21)22/h7-10H,4-6,11-14H2,1-3H3,(H2,18,19,20). The van der Waals surface area contributed by atoms with Crippen molar-refractivity contribution < 1.29 is 13.2 Å². The second-order valence-electron chi connectivity index (χ2n) is 5.40. The molecule has 0 radical (unpaired) electrons. The zero-order valence-electron chi connectivity index (χ0n) is 14.8. The molecule has 1 aromatic carbocycles. The zero-order chi connectivity index (χ0) is 17.8. The first-order valence-corrected chi connectivity index (χ1v) is 10.3. The normalized spacial score (nSPS) is 12.2. The number of benzene rings is 1. The molecule has 0 aliphatic heterocycles. The van der Waals surface area contributed by atoms with Gasteiger partial charge in [-0.3, -0.25) is 4.99 Å². The van der Waals surface area contributed by atoms with Crippen LogP contribution < -0.4 is 10.6 Å². The molecular formula is C17H29N3O3S. The van der Waals surface area contributed by atoms with Crippen LogP contribution in [0.2, 0.25) is 0 Å². The van der Waals surface area contributed by atoms with Crippen LogP contribution >= 0.6 is 0 Å². The van der Waals surface area contributed by atoms with E-state index in [9.17, 15) is 8.42 Å². The molecule has 0 aromatic heterocycles. The first-order chi connectivity index (χ1) is 11.5. The van der Waals surface area contributed by atoms with E-state index < -0.39 is 9.84 Å². The number of ether oxygens (including phenoxy) is 1. The van der Waals surface area contributed by atoms with Gasteiger partial charge in [0.05, 0.1) is 4.90 Å². The quantitative estimate of drug-likeness (QED) is 0.379. The number of rotatable bonds is 10. The zero-order valence-corrected chi connectivity index (χ0v) is 15.7. The third kappa shape index (κ3) is 8.31. The van der Waals surface area contributed by atoms with Crippen molar-refractivity contribution in [3.63, 3.8) is 0 Å². The number of nitrogens with zero attached hydrogens (tertiary/aromatic N) is 1. The van der Waals surface area contributed by atoms with Crippen LogP contribution in [0.1, 0.15) is 25.8 Å². The van der Waals surface area contributed by atoms with Gasteiger partial charge in [0.25, 0.3) is 0 Å². The lowest BCUT2D eigenvalue weighted by Crippen LogP contribution is -2.38. The lowest BCUT2D eigenvalue weighted by atomic mass is 10.1. The van der Waals surface area contributed by atoms with Gasteiger partial charge in [0, 0.05) is 39.1 Å². The molecule has 0 atom stereocenters. The molecule has 0 amide bonds. The van der Waals surface area contributed by atoms with Gasteiger partial charge in [-0.1, -0.05) is 12.1 Å². The summed E-state index contributed by atoms with van der Waals surface area (Å²) in [4.78, 5) is 4.85. The van der Waals surface area contributed by atoms with E-state index >= 15 is 0 Å². The summed E-state index contributed by atoms with van der Waals surface area (Å²) in [6.45, 7) is 7.74. The Kier molecular flexibility index (Phi) is 9.41. The molecule has 0 aliphatic carbocycles. The Bertz CT molecular complexity index is 598. The van der Waals surface area contributed by atoms with Gasteiger partial charge in [-0.15, -0.1) is 0 Å². The summed E-state index contributed by atoms with van der Waals surface area (Å²) < 4.78 is 28.2. The van der Waals surface area contributed by atoms with E-state index in [0.29, 0.717) is 4.90 Å². The van der Waals surface area contributed by atoms with Crippen LogP contribution in [0.15, 0.2) is 34.2 Å². The highest BCUT2D eigenvalue weighted by Gasteiger charge is 2.06. The summed E-state index contributed by atoms with van der Waals surface area (Å²) in [5.74, 6) is 0.793. The maximum absolute atomic E-state index is 11.4. The third-order valence-corrected chi connectivity index (χ3v) is 4.45. The van der Waals surface area contributed by atoms with E-state index in [2.05, 4.69) is 15.6 Å². The fraction of sp³-hybridized carbons (Fsp3) is 0.588. The molecule has 0 spiro atoms. The topological polar surface area (TPSA) is 79.8 Å². The number of sulfone groups is 1. The molecule has 0 bridgehead atoms. The van der Waals surface area contributed by atoms with Crippen LogP contribution in [0.4, 0.5) is 0 Å². The maximum atomic E-state index is 11.4. The Labute approximate surface area is 145 Å². The fourth-order valence-electron chi connectivity index (χ4n) is 2.07. The van der Waals surface area contributed by atoms with E-state index in [1.54, 1.807) is 12.1 Å². The van der Waals surface area contributed by atoms with Crippen LogP contribution in [0.5, 0.6) is 0 Å². The minimum Gasteiger partial charge on any atom is -0.382 e. The van der Waals surface area contributed by atoms with E-state index in [0.717, 1.165) is 57.2 Å². The van der Waals surface area contributed by atoms with Crippen LogP contribution in [-0.2, 0) is 21.0 Å². The molecule has 1 aromatic rings. The molecule has 0 unspecified atom stereocenters. The highest BCUT2D eigenvalue weighted by atomic mass is 32.2. The van der Waals surface area contributed by atoms with Crippen molar-refractivity contribution in [3.05, 3.63) is 29.8 Å². The predicted molar refractivity (Wildman–Crippen MR) is 98.3 cm³/mol. The van der Waals surface area contributed by atoms with Crippen LogP contribution in [0.25, 0.3) is 0 Å². The molecule has 136 valence electrons. The lowest BCUT2D eigenvalue weighted by Gasteiger charge is -2.11. The van der Waals surface area contributed by atoms with Gasteiger partial charge in [0.2, 0.25) is 0 Å². The Balaban J connectivity index is 2.42. The molecule has 2 N–H and O–H groups in total. The van der Waals surface area contributed by atoms with Crippen LogP contribution in [0.3, 0.4) is 0 Å².